The minimum atomic E-state index is -3.59. The molecule has 2 aromatic rings. The number of pyridine rings is 1. The predicted molar refractivity (Wildman–Crippen MR) is 92.6 cm³/mol. The highest BCUT2D eigenvalue weighted by molar-refractivity contribution is 9.10. The lowest BCUT2D eigenvalue weighted by atomic mass is 10.1. The largest absolute Gasteiger partial charge is 0.313 e. The molecule has 1 unspecified atom stereocenters. The molecule has 122 valence electrons. The second kappa shape index (κ2) is 6.68. The van der Waals surface area contributed by atoms with E-state index in [0.717, 1.165) is 11.1 Å². The third-order valence-corrected chi connectivity index (χ3v) is 6.84. The first-order chi connectivity index (χ1) is 11.0. The summed E-state index contributed by atoms with van der Waals surface area (Å²) >= 11 is 3.38. The van der Waals surface area contributed by atoms with Gasteiger partial charge in [0.25, 0.3) is 0 Å². The fourth-order valence-corrected chi connectivity index (χ4v) is 5.39. The van der Waals surface area contributed by atoms with Crippen LogP contribution in [0.25, 0.3) is 0 Å². The second-order valence-electron chi connectivity index (χ2n) is 5.56. The molecule has 0 aliphatic carbocycles. The van der Waals surface area contributed by atoms with Gasteiger partial charge in [-0.3, -0.25) is 4.98 Å². The van der Waals surface area contributed by atoms with Gasteiger partial charge >= 0.3 is 0 Å². The number of hydrogen-bond acceptors (Lipinski definition) is 4. The van der Waals surface area contributed by atoms with E-state index in [1.165, 1.54) is 0 Å². The Hall–Kier alpha value is -1.28. The van der Waals surface area contributed by atoms with Crippen LogP contribution >= 0.6 is 15.9 Å². The Morgan fingerprint density at radius 1 is 1.35 bits per heavy atom. The second-order valence-corrected chi connectivity index (χ2v) is 8.27. The Kier molecular flexibility index (Phi) is 4.82. The van der Waals surface area contributed by atoms with E-state index in [0.29, 0.717) is 29.0 Å². The summed E-state index contributed by atoms with van der Waals surface area (Å²) in [5, 5.41) is 3.27. The van der Waals surface area contributed by atoms with Crippen LogP contribution in [0.5, 0.6) is 0 Å². The Morgan fingerprint density at radius 2 is 2.17 bits per heavy atom. The van der Waals surface area contributed by atoms with Crippen molar-refractivity contribution in [1.29, 1.82) is 0 Å². The number of halogens is 1. The summed E-state index contributed by atoms with van der Waals surface area (Å²) in [5.41, 5.74) is 1.81. The van der Waals surface area contributed by atoms with E-state index in [1.54, 1.807) is 28.8 Å². The van der Waals surface area contributed by atoms with Crippen LogP contribution in [0.2, 0.25) is 0 Å². The molecule has 7 heteroatoms. The lowest BCUT2D eigenvalue weighted by Gasteiger charge is -2.35. The van der Waals surface area contributed by atoms with Gasteiger partial charge in [0.05, 0.1) is 10.9 Å². The Balaban J connectivity index is 2.04. The average Bonchev–Trinajstić information content (AvgIpc) is 2.58. The maximum atomic E-state index is 13.2. The Bertz CT molecular complexity index is 796. The SMILES string of the molecule is Cc1ccc(Br)c(S(=O)(=O)N2CCNCC2c2cccnc2)c1. The van der Waals surface area contributed by atoms with Crippen molar-refractivity contribution < 1.29 is 8.42 Å². The van der Waals surface area contributed by atoms with Crippen molar-refractivity contribution in [2.24, 2.45) is 0 Å². The zero-order valence-electron chi connectivity index (χ0n) is 12.7. The summed E-state index contributed by atoms with van der Waals surface area (Å²) in [6, 6.07) is 8.87. The molecule has 23 heavy (non-hydrogen) atoms. The van der Waals surface area contributed by atoms with E-state index in [2.05, 4.69) is 26.2 Å². The van der Waals surface area contributed by atoms with Crippen LogP contribution in [0, 0.1) is 6.92 Å². The molecule has 1 aliphatic heterocycles. The van der Waals surface area contributed by atoms with Gasteiger partial charge in [-0.05, 0) is 52.2 Å². The molecule has 0 spiro atoms. The molecule has 0 bridgehead atoms. The molecule has 1 aromatic carbocycles. The van der Waals surface area contributed by atoms with E-state index in [4.69, 9.17) is 0 Å². The van der Waals surface area contributed by atoms with Crippen LogP contribution in [0.4, 0.5) is 0 Å². The number of aryl methyl sites for hydroxylation is 1. The molecular weight excluding hydrogens is 378 g/mol. The summed E-state index contributed by atoms with van der Waals surface area (Å²) in [5.74, 6) is 0. The summed E-state index contributed by atoms with van der Waals surface area (Å²) in [6.07, 6.45) is 3.42. The highest BCUT2D eigenvalue weighted by Crippen LogP contribution is 2.32. The van der Waals surface area contributed by atoms with Crippen LogP contribution in [0.1, 0.15) is 17.2 Å². The number of benzene rings is 1. The molecule has 3 rings (SSSR count). The zero-order valence-corrected chi connectivity index (χ0v) is 15.1. The minimum absolute atomic E-state index is 0.255. The highest BCUT2D eigenvalue weighted by atomic mass is 79.9. The molecule has 1 fully saturated rings. The standard InChI is InChI=1S/C16H18BrN3O2S/c1-12-4-5-14(17)16(9-12)23(21,22)20-8-7-19-11-15(20)13-3-2-6-18-10-13/h2-6,9-10,15,19H,7-8,11H2,1H3. The third-order valence-electron chi connectivity index (χ3n) is 3.94. The number of nitrogens with zero attached hydrogens (tertiary/aromatic N) is 2. The third kappa shape index (κ3) is 3.33. The number of piperazine rings is 1. The van der Waals surface area contributed by atoms with Gasteiger partial charge in [0.15, 0.2) is 0 Å². The molecule has 1 saturated heterocycles. The smallest absolute Gasteiger partial charge is 0.244 e. The minimum Gasteiger partial charge on any atom is -0.313 e. The average molecular weight is 396 g/mol. The Morgan fingerprint density at radius 3 is 2.91 bits per heavy atom. The van der Waals surface area contributed by atoms with Gasteiger partial charge in [0, 0.05) is 36.5 Å². The predicted octanol–water partition coefficient (Wildman–Crippen LogP) is 2.49. The van der Waals surface area contributed by atoms with Crippen molar-refractivity contribution >= 4 is 26.0 Å². The van der Waals surface area contributed by atoms with Crippen molar-refractivity contribution in [2.45, 2.75) is 17.9 Å². The molecule has 1 aliphatic rings. The van der Waals surface area contributed by atoms with E-state index in [1.807, 2.05) is 25.1 Å². The van der Waals surface area contributed by atoms with Crippen molar-refractivity contribution in [1.82, 2.24) is 14.6 Å². The summed E-state index contributed by atoms with van der Waals surface area (Å²) in [7, 11) is -3.59. The van der Waals surface area contributed by atoms with E-state index in [-0.39, 0.29) is 6.04 Å². The van der Waals surface area contributed by atoms with E-state index < -0.39 is 10.0 Å². The fraction of sp³-hybridized carbons (Fsp3) is 0.312. The monoisotopic (exact) mass is 395 g/mol. The summed E-state index contributed by atoms with van der Waals surface area (Å²) < 4.78 is 28.5. The molecule has 0 amide bonds. The maximum absolute atomic E-state index is 13.2. The first kappa shape index (κ1) is 16.6. The normalized spacial score (nSPS) is 19.7. The molecule has 5 nitrogen and oxygen atoms in total. The van der Waals surface area contributed by atoms with Gasteiger partial charge < -0.3 is 5.32 Å². The van der Waals surface area contributed by atoms with E-state index in [9.17, 15) is 8.42 Å². The van der Waals surface area contributed by atoms with Gasteiger partial charge in [-0.25, -0.2) is 8.42 Å². The van der Waals surface area contributed by atoms with Gasteiger partial charge in [0.2, 0.25) is 10.0 Å². The van der Waals surface area contributed by atoms with Crippen LogP contribution < -0.4 is 5.32 Å². The topological polar surface area (TPSA) is 62.3 Å². The van der Waals surface area contributed by atoms with Gasteiger partial charge in [-0.15, -0.1) is 0 Å². The van der Waals surface area contributed by atoms with Crippen molar-refractivity contribution in [3.05, 3.63) is 58.3 Å². The molecule has 1 N–H and O–H groups in total. The van der Waals surface area contributed by atoms with Crippen molar-refractivity contribution in [3.8, 4) is 0 Å². The molecule has 1 atom stereocenters. The lowest BCUT2D eigenvalue weighted by Crippen LogP contribution is -2.48. The van der Waals surface area contributed by atoms with Crippen LogP contribution in [0.15, 0.2) is 52.1 Å². The number of hydrogen-bond donors (Lipinski definition) is 1. The number of nitrogens with one attached hydrogen (secondary N) is 1. The fourth-order valence-electron chi connectivity index (χ4n) is 2.77. The van der Waals surface area contributed by atoms with Crippen molar-refractivity contribution in [3.63, 3.8) is 0 Å². The molecular formula is C16H18BrN3O2S. The number of rotatable bonds is 3. The Labute approximate surface area is 144 Å². The van der Waals surface area contributed by atoms with Crippen molar-refractivity contribution in [2.75, 3.05) is 19.6 Å². The van der Waals surface area contributed by atoms with Crippen LogP contribution in [-0.2, 0) is 10.0 Å². The summed E-state index contributed by atoms with van der Waals surface area (Å²) in [4.78, 5) is 4.44. The van der Waals surface area contributed by atoms with Gasteiger partial charge in [0.1, 0.15) is 0 Å². The van der Waals surface area contributed by atoms with Gasteiger partial charge in [-0.1, -0.05) is 12.1 Å². The highest BCUT2D eigenvalue weighted by Gasteiger charge is 2.35. The first-order valence-electron chi connectivity index (χ1n) is 7.39. The summed E-state index contributed by atoms with van der Waals surface area (Å²) in [6.45, 7) is 3.54. The molecule has 0 saturated carbocycles. The quantitative estimate of drug-likeness (QED) is 0.866. The van der Waals surface area contributed by atoms with Gasteiger partial charge in [-0.2, -0.15) is 4.31 Å². The molecule has 1 aromatic heterocycles. The van der Waals surface area contributed by atoms with Crippen LogP contribution in [-0.4, -0.2) is 37.3 Å². The van der Waals surface area contributed by atoms with Crippen LogP contribution in [0.3, 0.4) is 0 Å². The number of sulfonamides is 1. The molecule has 2 heterocycles. The number of aromatic nitrogens is 1. The zero-order chi connectivity index (χ0) is 16.4. The maximum Gasteiger partial charge on any atom is 0.244 e. The lowest BCUT2D eigenvalue weighted by molar-refractivity contribution is 0.271. The first-order valence-corrected chi connectivity index (χ1v) is 9.62. The van der Waals surface area contributed by atoms with E-state index >= 15 is 0 Å². The molecule has 0 radical (unpaired) electrons.